The third kappa shape index (κ3) is 3.13. The number of carbonyl (C=O) groups excluding carboxylic acids is 1. The summed E-state index contributed by atoms with van der Waals surface area (Å²) < 4.78 is 13.5. The van der Waals surface area contributed by atoms with Gasteiger partial charge in [0, 0.05) is 11.2 Å². The molecule has 1 heterocycles. The van der Waals surface area contributed by atoms with Crippen LogP contribution in [0.25, 0.3) is 0 Å². The molecule has 0 spiro atoms. The summed E-state index contributed by atoms with van der Waals surface area (Å²) in [5.41, 5.74) is 5.58. The molecule has 98 valence electrons. The minimum absolute atomic E-state index is 0.000787. The van der Waals surface area contributed by atoms with Crippen LogP contribution < -0.4 is 11.1 Å². The normalized spacial score (nSPS) is 10.3. The quantitative estimate of drug-likeness (QED) is 0.893. The Labute approximate surface area is 118 Å². The van der Waals surface area contributed by atoms with E-state index in [9.17, 15) is 9.18 Å². The van der Waals surface area contributed by atoms with Crippen LogP contribution in [0.2, 0.25) is 10.0 Å². The molecule has 2 aromatic rings. The van der Waals surface area contributed by atoms with Gasteiger partial charge >= 0.3 is 0 Å². The minimum Gasteiger partial charge on any atom is -0.384 e. The van der Waals surface area contributed by atoms with Gasteiger partial charge in [-0.2, -0.15) is 0 Å². The maximum Gasteiger partial charge on any atom is 0.257 e. The smallest absolute Gasteiger partial charge is 0.257 e. The van der Waals surface area contributed by atoms with Crippen molar-refractivity contribution in [3.05, 3.63) is 51.9 Å². The van der Waals surface area contributed by atoms with Crippen LogP contribution in [0.15, 0.2) is 30.5 Å². The number of carbonyl (C=O) groups is 1. The lowest BCUT2D eigenvalue weighted by atomic mass is 10.2. The van der Waals surface area contributed by atoms with Crippen LogP contribution in [0.1, 0.15) is 10.4 Å². The fourth-order valence-corrected chi connectivity index (χ4v) is 1.76. The topological polar surface area (TPSA) is 68.0 Å². The zero-order chi connectivity index (χ0) is 14.0. The molecule has 0 fully saturated rings. The molecular weight excluding hydrogens is 292 g/mol. The van der Waals surface area contributed by atoms with Gasteiger partial charge in [0.1, 0.15) is 11.6 Å². The molecule has 0 aliphatic carbocycles. The lowest BCUT2D eigenvalue weighted by Crippen LogP contribution is -2.14. The highest BCUT2D eigenvalue weighted by molar-refractivity contribution is 6.34. The van der Waals surface area contributed by atoms with E-state index >= 15 is 0 Å². The maximum atomic E-state index is 13.5. The van der Waals surface area contributed by atoms with Gasteiger partial charge in [-0.05, 0) is 24.3 Å². The van der Waals surface area contributed by atoms with Gasteiger partial charge in [-0.3, -0.25) is 4.79 Å². The molecule has 0 atom stereocenters. The van der Waals surface area contributed by atoms with Gasteiger partial charge in [-0.25, -0.2) is 9.37 Å². The first-order chi connectivity index (χ1) is 8.97. The Bertz CT molecular complexity index is 649. The third-order valence-corrected chi connectivity index (χ3v) is 2.84. The molecule has 0 radical (unpaired) electrons. The number of benzene rings is 1. The molecule has 4 nitrogen and oxygen atoms in total. The molecule has 7 heteroatoms. The molecular formula is C12H8Cl2FN3O. The Morgan fingerprint density at radius 2 is 2.05 bits per heavy atom. The SMILES string of the molecule is Nc1cc(C(=O)Nc2ccc(Cl)cc2F)c(Cl)cn1. The molecule has 0 aliphatic rings. The number of hydrogen-bond acceptors (Lipinski definition) is 3. The molecule has 0 saturated carbocycles. The Balaban J connectivity index is 2.28. The summed E-state index contributed by atoms with van der Waals surface area (Å²) >= 11 is 11.4. The van der Waals surface area contributed by atoms with Crippen LogP contribution >= 0.6 is 23.2 Å². The Kier molecular flexibility index (Phi) is 3.87. The number of nitrogens with two attached hydrogens (primary N) is 1. The van der Waals surface area contributed by atoms with E-state index in [4.69, 9.17) is 28.9 Å². The van der Waals surface area contributed by atoms with Crippen LogP contribution in [0.4, 0.5) is 15.9 Å². The fourth-order valence-electron chi connectivity index (χ4n) is 1.41. The maximum absolute atomic E-state index is 13.5. The highest BCUT2D eigenvalue weighted by Gasteiger charge is 2.13. The second-order valence-corrected chi connectivity index (χ2v) is 4.51. The number of nitrogen functional groups attached to an aromatic ring is 1. The number of anilines is 2. The summed E-state index contributed by atoms with van der Waals surface area (Å²) in [5.74, 6) is -1.08. The number of nitrogens with one attached hydrogen (secondary N) is 1. The van der Waals surface area contributed by atoms with E-state index in [1.165, 1.54) is 24.4 Å². The Morgan fingerprint density at radius 3 is 2.74 bits per heavy atom. The van der Waals surface area contributed by atoms with Crippen molar-refractivity contribution in [2.45, 2.75) is 0 Å². The van der Waals surface area contributed by atoms with Gasteiger partial charge in [0.15, 0.2) is 0 Å². The number of pyridine rings is 1. The van der Waals surface area contributed by atoms with Crippen molar-refractivity contribution >= 4 is 40.6 Å². The number of amides is 1. The number of halogens is 3. The first kappa shape index (κ1) is 13.6. The van der Waals surface area contributed by atoms with E-state index in [2.05, 4.69) is 10.3 Å². The van der Waals surface area contributed by atoms with Crippen molar-refractivity contribution in [2.75, 3.05) is 11.1 Å². The van der Waals surface area contributed by atoms with Gasteiger partial charge in [-0.15, -0.1) is 0 Å². The number of nitrogens with zero attached hydrogens (tertiary/aromatic N) is 1. The monoisotopic (exact) mass is 299 g/mol. The molecule has 1 aromatic heterocycles. The molecule has 1 aromatic carbocycles. The summed E-state index contributed by atoms with van der Waals surface area (Å²) in [4.78, 5) is 15.7. The van der Waals surface area contributed by atoms with Crippen LogP contribution in [-0.2, 0) is 0 Å². The molecule has 0 bridgehead atoms. The number of rotatable bonds is 2. The number of hydrogen-bond donors (Lipinski definition) is 2. The standard InChI is InChI=1S/C12H8Cl2FN3O/c13-6-1-2-10(9(15)3-6)18-12(19)7-4-11(16)17-5-8(7)14/h1-5H,(H2,16,17)(H,18,19). The molecule has 19 heavy (non-hydrogen) atoms. The average Bonchev–Trinajstić information content (AvgIpc) is 2.35. The summed E-state index contributed by atoms with van der Waals surface area (Å²) in [6, 6.07) is 5.22. The lowest BCUT2D eigenvalue weighted by Gasteiger charge is -2.08. The van der Waals surface area contributed by atoms with Crippen molar-refractivity contribution in [3.63, 3.8) is 0 Å². The van der Waals surface area contributed by atoms with Crippen molar-refractivity contribution < 1.29 is 9.18 Å². The van der Waals surface area contributed by atoms with E-state index in [1.807, 2.05) is 0 Å². The predicted octanol–water partition coefficient (Wildman–Crippen LogP) is 3.36. The molecule has 1 amide bonds. The van der Waals surface area contributed by atoms with E-state index in [-0.39, 0.29) is 27.1 Å². The predicted molar refractivity (Wildman–Crippen MR) is 73.0 cm³/mol. The van der Waals surface area contributed by atoms with Gasteiger partial charge in [0.2, 0.25) is 0 Å². The molecule has 0 saturated heterocycles. The first-order valence-corrected chi connectivity index (χ1v) is 5.90. The minimum atomic E-state index is -0.640. The van der Waals surface area contributed by atoms with Crippen LogP contribution in [-0.4, -0.2) is 10.9 Å². The highest BCUT2D eigenvalue weighted by Crippen LogP contribution is 2.22. The summed E-state index contributed by atoms with van der Waals surface area (Å²) in [5, 5.41) is 2.75. The lowest BCUT2D eigenvalue weighted by molar-refractivity contribution is 0.102. The highest BCUT2D eigenvalue weighted by atomic mass is 35.5. The molecule has 0 unspecified atom stereocenters. The molecule has 2 rings (SSSR count). The summed E-state index contributed by atoms with van der Waals surface area (Å²) in [6.07, 6.45) is 1.25. The molecule has 0 aliphatic heterocycles. The second-order valence-electron chi connectivity index (χ2n) is 3.67. The zero-order valence-corrected chi connectivity index (χ0v) is 11.0. The van der Waals surface area contributed by atoms with Crippen molar-refractivity contribution in [1.29, 1.82) is 0 Å². The summed E-state index contributed by atoms with van der Waals surface area (Å²) in [6.45, 7) is 0. The second kappa shape index (κ2) is 5.42. The Hall–Kier alpha value is -1.85. The Morgan fingerprint density at radius 1 is 1.32 bits per heavy atom. The average molecular weight is 300 g/mol. The van der Waals surface area contributed by atoms with Crippen molar-refractivity contribution in [2.24, 2.45) is 0 Å². The van der Waals surface area contributed by atoms with Gasteiger partial charge in [0.25, 0.3) is 5.91 Å². The van der Waals surface area contributed by atoms with Crippen LogP contribution in [0.3, 0.4) is 0 Å². The molecule has 3 N–H and O–H groups in total. The number of aromatic nitrogens is 1. The van der Waals surface area contributed by atoms with Crippen LogP contribution in [0.5, 0.6) is 0 Å². The van der Waals surface area contributed by atoms with Crippen molar-refractivity contribution in [1.82, 2.24) is 4.98 Å². The van der Waals surface area contributed by atoms with E-state index in [0.29, 0.717) is 0 Å². The van der Waals surface area contributed by atoms with Crippen molar-refractivity contribution in [3.8, 4) is 0 Å². The summed E-state index contributed by atoms with van der Waals surface area (Å²) in [7, 11) is 0. The van der Waals surface area contributed by atoms with Gasteiger partial charge in [0.05, 0.1) is 16.3 Å². The van der Waals surface area contributed by atoms with E-state index in [1.54, 1.807) is 0 Å². The fraction of sp³-hybridized carbons (Fsp3) is 0. The van der Waals surface area contributed by atoms with E-state index < -0.39 is 11.7 Å². The van der Waals surface area contributed by atoms with Crippen LogP contribution in [0, 0.1) is 5.82 Å². The van der Waals surface area contributed by atoms with E-state index in [0.717, 1.165) is 6.07 Å². The van der Waals surface area contributed by atoms with Gasteiger partial charge in [-0.1, -0.05) is 23.2 Å². The largest absolute Gasteiger partial charge is 0.384 e. The zero-order valence-electron chi connectivity index (χ0n) is 9.45. The third-order valence-electron chi connectivity index (χ3n) is 2.30. The van der Waals surface area contributed by atoms with Gasteiger partial charge < -0.3 is 11.1 Å². The first-order valence-electron chi connectivity index (χ1n) is 5.15.